The van der Waals surface area contributed by atoms with E-state index in [1.54, 1.807) is 6.07 Å². The smallest absolute Gasteiger partial charge is 0.125 e. The number of hydrogen-bond donors (Lipinski definition) is 2. The first kappa shape index (κ1) is 11.1. The number of aromatic amines is 1. The lowest BCUT2D eigenvalue weighted by Gasteiger charge is -2.09. The fourth-order valence-electron chi connectivity index (χ4n) is 2.57. The minimum Gasteiger partial charge on any atom is -0.345 e. The highest BCUT2D eigenvalue weighted by molar-refractivity contribution is 6.31. The van der Waals surface area contributed by atoms with Crippen LogP contribution in [0.1, 0.15) is 18.4 Å². The molecule has 2 N–H and O–H groups in total. The van der Waals surface area contributed by atoms with Crippen molar-refractivity contribution in [3.63, 3.8) is 0 Å². The van der Waals surface area contributed by atoms with Crippen LogP contribution >= 0.6 is 11.6 Å². The van der Waals surface area contributed by atoms with Gasteiger partial charge in [-0.05, 0) is 49.6 Å². The Labute approximate surface area is 104 Å². The Morgan fingerprint density at radius 1 is 1.41 bits per heavy atom. The lowest BCUT2D eigenvalue weighted by molar-refractivity contribution is 0.605. The Morgan fingerprint density at radius 2 is 2.29 bits per heavy atom. The summed E-state index contributed by atoms with van der Waals surface area (Å²) in [6.07, 6.45) is 3.31. The molecule has 0 aliphatic carbocycles. The molecule has 0 bridgehead atoms. The van der Waals surface area contributed by atoms with E-state index in [9.17, 15) is 4.39 Å². The van der Waals surface area contributed by atoms with Crippen LogP contribution < -0.4 is 5.32 Å². The van der Waals surface area contributed by atoms with E-state index in [1.807, 2.05) is 0 Å². The molecule has 2 nitrogen and oxygen atoms in total. The SMILES string of the molecule is Fc1ccc2c(CC3CCCN3)c(Cl)[nH]c2c1. The molecule has 1 aliphatic heterocycles. The quantitative estimate of drug-likeness (QED) is 0.844. The number of nitrogens with one attached hydrogen (secondary N) is 2. The molecule has 1 aromatic heterocycles. The van der Waals surface area contributed by atoms with Crippen molar-refractivity contribution in [1.29, 1.82) is 0 Å². The van der Waals surface area contributed by atoms with Crippen LogP contribution in [0.25, 0.3) is 10.9 Å². The Morgan fingerprint density at radius 3 is 3.06 bits per heavy atom. The summed E-state index contributed by atoms with van der Waals surface area (Å²) in [7, 11) is 0. The highest BCUT2D eigenvalue weighted by Crippen LogP contribution is 2.29. The minimum absolute atomic E-state index is 0.235. The zero-order valence-corrected chi connectivity index (χ0v) is 10.1. The Balaban J connectivity index is 1.99. The summed E-state index contributed by atoms with van der Waals surface area (Å²) in [6.45, 7) is 1.08. The first-order valence-corrected chi connectivity index (χ1v) is 6.31. The van der Waals surface area contributed by atoms with E-state index in [0.29, 0.717) is 11.2 Å². The van der Waals surface area contributed by atoms with E-state index in [2.05, 4.69) is 10.3 Å². The topological polar surface area (TPSA) is 27.8 Å². The third-order valence-corrected chi connectivity index (χ3v) is 3.75. The molecule has 1 aromatic carbocycles. The summed E-state index contributed by atoms with van der Waals surface area (Å²) in [5.41, 5.74) is 1.88. The standard InChI is InChI=1S/C13H14ClFN2/c14-13-11(7-9-2-1-5-16-9)10-4-3-8(15)6-12(10)17-13/h3-4,6,9,16-17H,1-2,5,7H2. The molecule has 0 spiro atoms. The fraction of sp³-hybridized carbons (Fsp3) is 0.385. The molecule has 1 atom stereocenters. The van der Waals surface area contributed by atoms with Gasteiger partial charge in [0.2, 0.25) is 0 Å². The molecular formula is C13H14ClFN2. The molecule has 2 aromatic rings. The lowest BCUT2D eigenvalue weighted by atomic mass is 10.0. The van der Waals surface area contributed by atoms with Gasteiger partial charge in [-0.1, -0.05) is 11.6 Å². The van der Waals surface area contributed by atoms with Crippen LogP contribution in [0, 0.1) is 5.82 Å². The highest BCUT2D eigenvalue weighted by Gasteiger charge is 2.18. The molecular weight excluding hydrogens is 239 g/mol. The summed E-state index contributed by atoms with van der Waals surface area (Å²) >= 11 is 6.19. The van der Waals surface area contributed by atoms with Gasteiger partial charge in [0.25, 0.3) is 0 Å². The van der Waals surface area contributed by atoms with Crippen LogP contribution in [-0.2, 0) is 6.42 Å². The second-order valence-electron chi connectivity index (χ2n) is 4.60. The number of H-pyrrole nitrogens is 1. The van der Waals surface area contributed by atoms with Crippen molar-refractivity contribution in [2.24, 2.45) is 0 Å². The van der Waals surface area contributed by atoms with Crippen LogP contribution in [0.3, 0.4) is 0 Å². The molecule has 17 heavy (non-hydrogen) atoms. The normalized spacial score (nSPS) is 20.2. The number of hydrogen-bond acceptors (Lipinski definition) is 1. The van der Waals surface area contributed by atoms with E-state index in [4.69, 9.17) is 11.6 Å². The molecule has 90 valence electrons. The maximum Gasteiger partial charge on any atom is 0.125 e. The van der Waals surface area contributed by atoms with Gasteiger partial charge in [0.15, 0.2) is 0 Å². The number of benzene rings is 1. The zero-order chi connectivity index (χ0) is 11.8. The van der Waals surface area contributed by atoms with Gasteiger partial charge in [0.1, 0.15) is 11.0 Å². The van der Waals surface area contributed by atoms with Gasteiger partial charge in [-0.25, -0.2) is 4.39 Å². The van der Waals surface area contributed by atoms with Crippen molar-refractivity contribution in [1.82, 2.24) is 10.3 Å². The molecule has 4 heteroatoms. The predicted molar refractivity (Wildman–Crippen MR) is 68.0 cm³/mol. The van der Waals surface area contributed by atoms with Crippen molar-refractivity contribution in [3.8, 4) is 0 Å². The molecule has 0 saturated carbocycles. The third-order valence-electron chi connectivity index (χ3n) is 3.43. The average Bonchev–Trinajstić information content (AvgIpc) is 2.88. The molecule has 1 fully saturated rings. The van der Waals surface area contributed by atoms with Crippen LogP contribution in [0.15, 0.2) is 18.2 Å². The van der Waals surface area contributed by atoms with Crippen LogP contribution in [-0.4, -0.2) is 17.6 Å². The minimum atomic E-state index is -0.235. The van der Waals surface area contributed by atoms with Gasteiger partial charge in [-0.15, -0.1) is 0 Å². The molecule has 3 rings (SSSR count). The van der Waals surface area contributed by atoms with E-state index in [1.165, 1.54) is 25.0 Å². The molecule has 2 heterocycles. The summed E-state index contributed by atoms with van der Waals surface area (Å²) in [5.74, 6) is -0.235. The van der Waals surface area contributed by atoms with E-state index in [-0.39, 0.29) is 5.82 Å². The molecule has 1 unspecified atom stereocenters. The van der Waals surface area contributed by atoms with E-state index < -0.39 is 0 Å². The lowest BCUT2D eigenvalue weighted by Crippen LogP contribution is -2.23. The number of fused-ring (bicyclic) bond motifs is 1. The van der Waals surface area contributed by atoms with Crippen molar-refractivity contribution in [3.05, 3.63) is 34.7 Å². The molecule has 1 aliphatic rings. The van der Waals surface area contributed by atoms with Gasteiger partial charge in [0.05, 0.1) is 0 Å². The van der Waals surface area contributed by atoms with Crippen molar-refractivity contribution in [2.75, 3.05) is 6.54 Å². The van der Waals surface area contributed by atoms with Crippen molar-refractivity contribution < 1.29 is 4.39 Å². The monoisotopic (exact) mass is 252 g/mol. The van der Waals surface area contributed by atoms with Crippen molar-refractivity contribution in [2.45, 2.75) is 25.3 Å². The van der Waals surface area contributed by atoms with Gasteiger partial charge >= 0.3 is 0 Å². The average molecular weight is 253 g/mol. The number of aromatic nitrogens is 1. The maximum atomic E-state index is 13.1. The first-order chi connectivity index (χ1) is 8.24. The number of halogens is 2. The van der Waals surface area contributed by atoms with Crippen LogP contribution in [0.4, 0.5) is 4.39 Å². The fourth-order valence-corrected chi connectivity index (χ4v) is 2.85. The summed E-state index contributed by atoms with van der Waals surface area (Å²) in [5, 5.41) is 5.12. The van der Waals surface area contributed by atoms with Crippen LogP contribution in [0.2, 0.25) is 5.15 Å². The van der Waals surface area contributed by atoms with Gasteiger partial charge in [-0.2, -0.15) is 0 Å². The van der Waals surface area contributed by atoms with Gasteiger partial charge in [0, 0.05) is 16.9 Å². The molecule has 0 radical (unpaired) electrons. The summed E-state index contributed by atoms with van der Waals surface area (Å²) in [4.78, 5) is 3.04. The third kappa shape index (κ3) is 2.05. The first-order valence-electron chi connectivity index (χ1n) is 5.93. The second kappa shape index (κ2) is 4.31. The summed E-state index contributed by atoms with van der Waals surface area (Å²) < 4.78 is 13.1. The van der Waals surface area contributed by atoms with Gasteiger partial charge in [-0.3, -0.25) is 0 Å². The second-order valence-corrected chi connectivity index (χ2v) is 4.98. The van der Waals surface area contributed by atoms with Gasteiger partial charge < -0.3 is 10.3 Å². The zero-order valence-electron chi connectivity index (χ0n) is 9.39. The van der Waals surface area contributed by atoms with Crippen LogP contribution in [0.5, 0.6) is 0 Å². The van der Waals surface area contributed by atoms with E-state index >= 15 is 0 Å². The Bertz CT molecular complexity index is 544. The summed E-state index contributed by atoms with van der Waals surface area (Å²) in [6, 6.07) is 5.28. The Kier molecular flexibility index (Phi) is 2.81. The Hall–Kier alpha value is -1.06. The highest BCUT2D eigenvalue weighted by atomic mass is 35.5. The molecule has 1 saturated heterocycles. The predicted octanol–water partition coefficient (Wildman–Crippen LogP) is 3.25. The maximum absolute atomic E-state index is 13.1. The number of rotatable bonds is 2. The van der Waals surface area contributed by atoms with E-state index in [0.717, 1.165) is 29.4 Å². The molecule has 0 amide bonds. The van der Waals surface area contributed by atoms with Crippen molar-refractivity contribution >= 4 is 22.5 Å². The largest absolute Gasteiger partial charge is 0.345 e.